The predicted molar refractivity (Wildman–Crippen MR) is 130 cm³/mol. The minimum absolute atomic E-state index is 0.927. The molecule has 152 valence electrons. The third kappa shape index (κ3) is 3.46. The number of rotatable bonds is 5. The molecule has 0 bridgehead atoms. The van der Waals surface area contributed by atoms with E-state index in [4.69, 9.17) is 0 Å². The third-order valence-corrected chi connectivity index (χ3v) is 5.53. The molecular weight excluding hydrogens is 380 g/mol. The molecule has 2 N–H and O–H groups in total. The maximum Gasteiger partial charge on any atom is 0.116 e. The van der Waals surface area contributed by atoms with Gasteiger partial charge in [-0.1, -0.05) is 49.4 Å². The fraction of sp³-hybridized carbons (Fsp3) is 0.111. The number of hydrogen-bond acceptors (Lipinski definition) is 2. The molecule has 0 spiro atoms. The second-order valence-electron chi connectivity index (χ2n) is 7.57. The van der Waals surface area contributed by atoms with Crippen LogP contribution in [0.1, 0.15) is 25.8 Å². The Morgan fingerprint density at radius 2 is 1.90 bits per heavy atom. The summed E-state index contributed by atoms with van der Waals surface area (Å²) in [4.78, 5) is 8.10. The van der Waals surface area contributed by atoms with Crippen LogP contribution in [0, 0.1) is 0 Å². The van der Waals surface area contributed by atoms with Crippen molar-refractivity contribution in [3.63, 3.8) is 0 Å². The van der Waals surface area contributed by atoms with Crippen LogP contribution in [-0.4, -0.2) is 20.2 Å². The van der Waals surface area contributed by atoms with E-state index in [0.29, 0.717) is 0 Å². The third-order valence-electron chi connectivity index (χ3n) is 5.53. The van der Waals surface area contributed by atoms with Gasteiger partial charge < -0.3 is 4.98 Å². The first-order valence-corrected chi connectivity index (χ1v) is 10.6. The maximum absolute atomic E-state index is 4.65. The van der Waals surface area contributed by atoms with E-state index >= 15 is 0 Å². The van der Waals surface area contributed by atoms with E-state index in [1.165, 1.54) is 11.1 Å². The Morgan fingerprint density at radius 1 is 0.968 bits per heavy atom. The van der Waals surface area contributed by atoms with Gasteiger partial charge in [-0.3, -0.25) is 10.1 Å². The molecule has 31 heavy (non-hydrogen) atoms. The Morgan fingerprint density at radius 3 is 2.71 bits per heavy atom. The molecular formula is C27H24N4. The summed E-state index contributed by atoms with van der Waals surface area (Å²) in [5.74, 6) is 0. The van der Waals surface area contributed by atoms with E-state index in [1.54, 1.807) is 0 Å². The van der Waals surface area contributed by atoms with Gasteiger partial charge in [-0.2, -0.15) is 5.10 Å². The van der Waals surface area contributed by atoms with Gasteiger partial charge in [-0.15, -0.1) is 0 Å². The number of pyridine rings is 1. The van der Waals surface area contributed by atoms with Gasteiger partial charge in [0, 0.05) is 28.0 Å². The van der Waals surface area contributed by atoms with Crippen molar-refractivity contribution in [1.29, 1.82) is 0 Å². The average Bonchev–Trinajstić information content (AvgIpc) is 3.42. The molecule has 5 rings (SSSR count). The zero-order chi connectivity index (χ0) is 21.2. The summed E-state index contributed by atoms with van der Waals surface area (Å²) in [5, 5.41) is 10.1. The van der Waals surface area contributed by atoms with Crippen molar-refractivity contribution in [2.24, 2.45) is 0 Å². The normalized spacial score (nSPS) is 12.4. The predicted octanol–water partition coefficient (Wildman–Crippen LogP) is 7.14. The molecule has 0 aliphatic carbocycles. The van der Waals surface area contributed by atoms with Crippen molar-refractivity contribution in [2.75, 3.05) is 0 Å². The second-order valence-corrected chi connectivity index (χ2v) is 7.57. The molecule has 0 atom stereocenters. The molecule has 0 aliphatic heterocycles. The molecule has 0 saturated heterocycles. The van der Waals surface area contributed by atoms with Gasteiger partial charge in [-0.25, -0.2) is 0 Å². The number of aromatic nitrogens is 4. The van der Waals surface area contributed by atoms with Crippen LogP contribution >= 0.6 is 0 Å². The number of hydrogen-bond donors (Lipinski definition) is 2. The lowest BCUT2D eigenvalue weighted by Crippen LogP contribution is -1.83. The molecule has 0 fully saturated rings. The number of nitrogens with zero attached hydrogens (tertiary/aromatic N) is 2. The highest BCUT2D eigenvalue weighted by atomic mass is 15.1. The molecule has 3 aromatic heterocycles. The van der Waals surface area contributed by atoms with Crippen LogP contribution in [-0.2, 0) is 0 Å². The van der Waals surface area contributed by atoms with Gasteiger partial charge in [0.05, 0.1) is 16.9 Å². The minimum Gasteiger partial charge on any atom is -0.353 e. The molecule has 0 amide bonds. The summed E-state index contributed by atoms with van der Waals surface area (Å²) >= 11 is 0. The smallest absolute Gasteiger partial charge is 0.116 e. The lowest BCUT2D eigenvalue weighted by atomic mass is 10.0. The highest BCUT2D eigenvalue weighted by Crippen LogP contribution is 2.34. The molecule has 4 heteroatoms. The van der Waals surface area contributed by atoms with Crippen molar-refractivity contribution in [3.8, 4) is 22.6 Å². The Labute approximate surface area is 181 Å². The Kier molecular flexibility index (Phi) is 4.97. The fourth-order valence-electron chi connectivity index (χ4n) is 4.11. The molecule has 0 unspecified atom stereocenters. The van der Waals surface area contributed by atoms with E-state index in [0.717, 1.165) is 50.9 Å². The molecule has 0 aliphatic rings. The van der Waals surface area contributed by atoms with Crippen LogP contribution in [0.3, 0.4) is 0 Å². The number of aromatic amines is 2. The SMILES string of the molecule is C/C=C\C(=C/CC)c1ccc2[nH]nc(-c3cc4c(-c5ccccn5)cccc4[nH]3)c2c1. The highest BCUT2D eigenvalue weighted by molar-refractivity contribution is 6.01. The number of nitrogens with one attached hydrogen (secondary N) is 2. The van der Waals surface area contributed by atoms with Crippen LogP contribution in [0.2, 0.25) is 0 Å². The van der Waals surface area contributed by atoms with Crippen LogP contribution < -0.4 is 0 Å². The average molecular weight is 405 g/mol. The lowest BCUT2D eigenvalue weighted by molar-refractivity contribution is 1.12. The van der Waals surface area contributed by atoms with Crippen LogP contribution in [0.15, 0.2) is 85.1 Å². The number of fused-ring (bicyclic) bond motifs is 2. The van der Waals surface area contributed by atoms with Crippen LogP contribution in [0.25, 0.3) is 50.0 Å². The summed E-state index contributed by atoms with van der Waals surface area (Å²) in [7, 11) is 0. The summed E-state index contributed by atoms with van der Waals surface area (Å²) in [6, 6.07) is 20.9. The quantitative estimate of drug-likeness (QED) is 0.306. The van der Waals surface area contributed by atoms with Crippen molar-refractivity contribution in [3.05, 3.63) is 90.7 Å². The van der Waals surface area contributed by atoms with Crippen molar-refractivity contribution in [1.82, 2.24) is 20.2 Å². The first kappa shape index (κ1) is 19.1. The monoisotopic (exact) mass is 404 g/mol. The van der Waals surface area contributed by atoms with E-state index in [2.05, 4.69) is 94.7 Å². The van der Waals surface area contributed by atoms with Crippen molar-refractivity contribution in [2.45, 2.75) is 20.3 Å². The summed E-state index contributed by atoms with van der Waals surface area (Å²) in [6.07, 6.45) is 9.32. The molecule has 0 radical (unpaired) electrons. The fourth-order valence-corrected chi connectivity index (χ4v) is 4.11. The topological polar surface area (TPSA) is 57.4 Å². The number of allylic oxidation sites excluding steroid dienone is 4. The minimum atomic E-state index is 0.927. The van der Waals surface area contributed by atoms with E-state index in [-0.39, 0.29) is 0 Å². The number of H-pyrrole nitrogens is 2. The van der Waals surface area contributed by atoms with E-state index < -0.39 is 0 Å². The van der Waals surface area contributed by atoms with Gasteiger partial charge in [-0.05, 0) is 60.9 Å². The Hall–Kier alpha value is -3.92. The highest BCUT2D eigenvalue weighted by Gasteiger charge is 2.14. The standard InChI is InChI=1S/C27H24N4/c1-3-8-18(9-4-2)19-13-14-25-22(16-19)27(31-30-25)26-17-21-20(10-7-12-24(21)29-26)23-11-5-6-15-28-23/h3,5-17,29H,4H2,1-2H3,(H,30,31)/b8-3-,18-9+. The zero-order valence-electron chi connectivity index (χ0n) is 17.7. The van der Waals surface area contributed by atoms with E-state index in [1.807, 2.05) is 24.4 Å². The van der Waals surface area contributed by atoms with Gasteiger partial charge >= 0.3 is 0 Å². The number of benzene rings is 2. The Balaban J connectivity index is 1.66. The van der Waals surface area contributed by atoms with Gasteiger partial charge in [0.25, 0.3) is 0 Å². The summed E-state index contributed by atoms with van der Waals surface area (Å²) in [6.45, 7) is 4.21. The van der Waals surface area contributed by atoms with Crippen LogP contribution in [0.4, 0.5) is 0 Å². The molecule has 4 nitrogen and oxygen atoms in total. The first-order valence-electron chi connectivity index (χ1n) is 10.6. The molecule has 2 aromatic carbocycles. The van der Waals surface area contributed by atoms with Gasteiger partial charge in [0.2, 0.25) is 0 Å². The van der Waals surface area contributed by atoms with Crippen molar-refractivity contribution >= 4 is 27.4 Å². The van der Waals surface area contributed by atoms with Crippen LogP contribution in [0.5, 0.6) is 0 Å². The Bertz CT molecular complexity index is 1420. The van der Waals surface area contributed by atoms with Gasteiger partial charge in [0.1, 0.15) is 5.69 Å². The summed E-state index contributed by atoms with van der Waals surface area (Å²) in [5.41, 5.74) is 8.53. The summed E-state index contributed by atoms with van der Waals surface area (Å²) < 4.78 is 0. The zero-order valence-corrected chi connectivity index (χ0v) is 17.7. The second kappa shape index (κ2) is 8.07. The largest absolute Gasteiger partial charge is 0.353 e. The van der Waals surface area contributed by atoms with Crippen molar-refractivity contribution < 1.29 is 0 Å². The molecule has 5 aromatic rings. The first-order chi connectivity index (χ1) is 15.3. The molecule has 3 heterocycles. The maximum atomic E-state index is 4.65. The molecule has 0 saturated carbocycles. The lowest BCUT2D eigenvalue weighted by Gasteiger charge is -2.04. The van der Waals surface area contributed by atoms with Gasteiger partial charge in [0.15, 0.2) is 0 Å². The van der Waals surface area contributed by atoms with E-state index in [9.17, 15) is 0 Å².